The monoisotopic (exact) mass is 890 g/mol. The summed E-state index contributed by atoms with van der Waals surface area (Å²) in [4.78, 5) is 27.1. The second kappa shape index (κ2) is 20.4. The van der Waals surface area contributed by atoms with Crippen LogP contribution < -0.4 is 28.7 Å². The number of hydrogen-bond donors (Lipinski definition) is 2. The minimum atomic E-state index is -4.00. The number of aryl methyl sites for hydroxylation is 4. The average Bonchev–Trinajstić information content (AvgIpc) is 3.63. The van der Waals surface area contributed by atoms with Gasteiger partial charge in [-0.15, -0.1) is 8.42 Å². The zero-order valence-electron chi connectivity index (χ0n) is 37.9. The molecule has 336 valence electrons. The van der Waals surface area contributed by atoms with Gasteiger partial charge in [0.15, 0.2) is 12.4 Å². The highest BCUT2D eigenvalue weighted by Crippen LogP contribution is 2.30. The maximum Gasteiger partial charge on any atom is 0.474 e. The van der Waals surface area contributed by atoms with Crippen LogP contribution in [-0.4, -0.2) is 116 Å². The number of ether oxygens (including phenoxy) is 1. The molecular formula is C45H64N9O6S2+. The topological polar surface area (TPSA) is 161 Å². The van der Waals surface area contributed by atoms with E-state index in [1.807, 2.05) is 42.2 Å². The Bertz CT molecular complexity index is 2560. The first-order valence-corrected chi connectivity index (χ1v) is 24.2. The number of hydrogen-bond acceptors (Lipinski definition) is 12. The van der Waals surface area contributed by atoms with Crippen molar-refractivity contribution in [2.24, 2.45) is 0 Å². The van der Waals surface area contributed by atoms with Crippen molar-refractivity contribution in [1.29, 1.82) is 0 Å². The molecule has 1 amide bonds. The largest absolute Gasteiger partial charge is 0.474 e. The van der Waals surface area contributed by atoms with E-state index in [-0.39, 0.29) is 0 Å². The number of nitrogens with one attached hydrogen (secondary N) is 2. The Morgan fingerprint density at radius 2 is 1.24 bits per heavy atom. The summed E-state index contributed by atoms with van der Waals surface area (Å²) >= 11 is 0. The second-order valence-corrected chi connectivity index (χ2v) is 20.6. The number of nitrogens with zero attached hydrogens (tertiary/aromatic N) is 7. The molecular weight excluding hydrogens is 827 g/mol. The third-order valence-electron chi connectivity index (χ3n) is 10.8. The molecule has 5 aromatic rings. The average molecular weight is 891 g/mol. The lowest BCUT2D eigenvalue weighted by Crippen LogP contribution is -2.52. The van der Waals surface area contributed by atoms with Gasteiger partial charge < -0.3 is 24.8 Å². The van der Waals surface area contributed by atoms with E-state index in [2.05, 4.69) is 83.1 Å². The normalized spacial score (nSPS) is 15.4. The Labute approximate surface area is 368 Å². The van der Waals surface area contributed by atoms with Gasteiger partial charge >= 0.3 is 16.3 Å². The highest BCUT2D eigenvalue weighted by atomic mass is 32.2. The summed E-state index contributed by atoms with van der Waals surface area (Å²) in [6, 6.07) is 16.2. The Balaban J connectivity index is 0.000000177. The fourth-order valence-corrected chi connectivity index (χ4v) is 8.88. The number of amides is 1. The van der Waals surface area contributed by atoms with Gasteiger partial charge in [0.25, 0.3) is 0 Å². The third kappa shape index (κ3) is 13.0. The number of aromatic nitrogens is 3. The molecule has 0 aliphatic carbocycles. The molecule has 2 fully saturated rings. The van der Waals surface area contributed by atoms with E-state index in [1.165, 1.54) is 58.4 Å². The Kier molecular flexibility index (Phi) is 15.8. The van der Waals surface area contributed by atoms with Gasteiger partial charge in [-0.1, -0.05) is 3.97 Å². The number of benzene rings is 2. The number of pyridine rings is 3. The fraction of sp³-hybridized carbons (Fsp3) is 0.467. The minimum absolute atomic E-state index is 0.535. The van der Waals surface area contributed by atoms with E-state index in [0.717, 1.165) is 70.9 Å². The molecule has 0 atom stereocenters. The highest BCUT2D eigenvalue weighted by molar-refractivity contribution is 7.88. The fourth-order valence-electron chi connectivity index (χ4n) is 7.21. The van der Waals surface area contributed by atoms with Crippen LogP contribution in [0.3, 0.4) is 0 Å². The molecule has 15 nitrogen and oxygen atoms in total. The van der Waals surface area contributed by atoms with Crippen molar-refractivity contribution >= 4 is 65.2 Å². The summed E-state index contributed by atoms with van der Waals surface area (Å²) in [5.41, 5.74) is 9.80. The minimum Gasteiger partial charge on any atom is -0.443 e. The number of anilines is 3. The second-order valence-electron chi connectivity index (χ2n) is 17.1. The molecule has 0 bridgehead atoms. The van der Waals surface area contributed by atoms with Crippen LogP contribution >= 0.6 is 0 Å². The summed E-state index contributed by atoms with van der Waals surface area (Å²) in [5, 5.41) is 5.89. The zero-order chi connectivity index (χ0) is 45.4. The first-order chi connectivity index (χ1) is 29.1. The van der Waals surface area contributed by atoms with E-state index in [0.29, 0.717) is 19.6 Å². The predicted octanol–water partition coefficient (Wildman–Crippen LogP) is 5.63. The maximum absolute atomic E-state index is 11.9. The molecule has 2 N–H and O–H groups in total. The molecule has 2 aliphatic heterocycles. The number of carbonyl (C=O) groups excluding carboxylic acids is 1. The number of rotatable bonds is 6. The van der Waals surface area contributed by atoms with Crippen molar-refractivity contribution < 1.29 is 30.3 Å². The molecule has 0 saturated carbocycles. The van der Waals surface area contributed by atoms with E-state index in [1.54, 1.807) is 37.2 Å². The van der Waals surface area contributed by atoms with Crippen LogP contribution in [0.15, 0.2) is 73.3 Å². The van der Waals surface area contributed by atoms with Gasteiger partial charge in [0.05, 0.1) is 17.3 Å². The smallest absolute Gasteiger partial charge is 0.443 e. The van der Waals surface area contributed by atoms with Gasteiger partial charge in [-0.2, -0.15) is 4.72 Å². The molecule has 0 radical (unpaired) electrons. The van der Waals surface area contributed by atoms with Gasteiger partial charge in [0.1, 0.15) is 5.60 Å². The lowest BCUT2D eigenvalue weighted by Gasteiger charge is -2.24. The standard InChI is InChI=1S/C17H23N3O2S.C16H21N3.C12H19N3O4S/c1-13-11-15-16(12-14(13)2)18-6-5-17(15)19-7-4-8-20(10-9-19)23(3,21)22;1-12-10-14-15(11-13(12)2)18-6-4-16(14)19-8-3-5-17-7-9-19;1-12(2,3)19-11(16)13-20(17,18)15-8-6-10(7-9-15)14(4)5/h5-6,11-12H,4,7-10H2,1-3H3;4,6,10-11,17H,3,5,7-9H2,1-2H3;6-9H,1-5H3/p+1. The van der Waals surface area contributed by atoms with Gasteiger partial charge in [-0.25, -0.2) is 17.5 Å². The highest BCUT2D eigenvalue weighted by Gasteiger charge is 2.28. The lowest BCUT2D eigenvalue weighted by atomic mass is 10.0. The Morgan fingerprint density at radius 1 is 0.726 bits per heavy atom. The predicted molar refractivity (Wildman–Crippen MR) is 250 cm³/mol. The van der Waals surface area contributed by atoms with Crippen molar-refractivity contribution in [2.75, 3.05) is 87.4 Å². The molecule has 5 heterocycles. The van der Waals surface area contributed by atoms with Crippen LogP contribution in [0.5, 0.6) is 0 Å². The van der Waals surface area contributed by atoms with Gasteiger partial charge in [-0.05, 0) is 127 Å². The summed E-state index contributed by atoms with van der Waals surface area (Å²) in [6.07, 6.45) is 8.79. The molecule has 62 heavy (non-hydrogen) atoms. The SMILES string of the molecule is CN(C)c1cc[n+](S(=O)(=O)NC(=O)OC(C)(C)C)cc1.Cc1cc2nccc(N3CCCN(S(C)(=O)=O)CC3)c2cc1C.Cc1cc2nccc(N3CCCNCC3)c2cc1C. The quantitative estimate of drug-likeness (QED) is 0.203. The van der Waals surface area contributed by atoms with Crippen molar-refractivity contribution in [1.82, 2.24) is 24.3 Å². The van der Waals surface area contributed by atoms with Crippen molar-refractivity contribution in [3.8, 4) is 0 Å². The van der Waals surface area contributed by atoms with E-state index in [9.17, 15) is 21.6 Å². The van der Waals surface area contributed by atoms with Crippen molar-refractivity contribution in [2.45, 2.75) is 66.9 Å². The van der Waals surface area contributed by atoms with E-state index in [4.69, 9.17) is 4.74 Å². The molecule has 2 aromatic carbocycles. The van der Waals surface area contributed by atoms with Crippen LogP contribution in [0.1, 0.15) is 55.9 Å². The number of fused-ring (bicyclic) bond motifs is 2. The Morgan fingerprint density at radius 3 is 1.76 bits per heavy atom. The van der Waals surface area contributed by atoms with Gasteiger partial charge in [0, 0.05) is 112 Å². The number of sulfonamides is 1. The van der Waals surface area contributed by atoms with Crippen LogP contribution in [-0.2, 0) is 25.0 Å². The summed E-state index contributed by atoms with van der Waals surface area (Å²) in [7, 11) is -3.44. The van der Waals surface area contributed by atoms with Gasteiger partial charge in [-0.3, -0.25) is 9.97 Å². The summed E-state index contributed by atoms with van der Waals surface area (Å²) in [5.74, 6) is 0. The van der Waals surface area contributed by atoms with Crippen LogP contribution in [0.4, 0.5) is 21.9 Å². The summed E-state index contributed by atoms with van der Waals surface area (Å²) < 4.78 is 56.7. The van der Waals surface area contributed by atoms with Crippen LogP contribution in [0, 0.1) is 27.7 Å². The molecule has 2 aliphatic rings. The summed E-state index contributed by atoms with van der Waals surface area (Å²) in [6.45, 7) is 20.6. The van der Waals surface area contributed by atoms with Crippen LogP contribution in [0.2, 0.25) is 0 Å². The Hall–Kier alpha value is -5.10. The molecule has 0 spiro atoms. The molecule has 3 aromatic heterocycles. The van der Waals surface area contributed by atoms with Crippen molar-refractivity contribution in [3.05, 3.63) is 95.6 Å². The van der Waals surface area contributed by atoms with Gasteiger partial charge in [0.2, 0.25) is 10.0 Å². The number of carbonyl (C=O) groups is 1. The molecule has 7 rings (SSSR count). The zero-order valence-corrected chi connectivity index (χ0v) is 39.5. The molecule has 17 heteroatoms. The van der Waals surface area contributed by atoms with Crippen molar-refractivity contribution in [3.63, 3.8) is 0 Å². The van der Waals surface area contributed by atoms with Crippen LogP contribution in [0.25, 0.3) is 21.8 Å². The van der Waals surface area contributed by atoms with E-state index < -0.39 is 31.9 Å². The lowest BCUT2D eigenvalue weighted by molar-refractivity contribution is -0.512. The molecule has 0 unspecified atom stereocenters. The first kappa shape index (κ1) is 47.9. The third-order valence-corrected chi connectivity index (χ3v) is 13.3. The first-order valence-electron chi connectivity index (χ1n) is 21.0. The maximum atomic E-state index is 11.9. The van der Waals surface area contributed by atoms with E-state index >= 15 is 0 Å². The molecule has 2 saturated heterocycles.